The first kappa shape index (κ1) is 17.3. The second-order valence-electron chi connectivity index (χ2n) is 5.93. The Balaban J connectivity index is 2.18. The summed E-state index contributed by atoms with van der Waals surface area (Å²) in [4.78, 5) is 25.0. The minimum absolute atomic E-state index is 0.0746. The standard InChI is InChI=1S/C15H21N3O4S/c1-10-7-12-8-11(15(20)16-9-14(19)17(2)3)5-6-13(12)18(10)23(4,21)22/h5-6,8,10H,7,9H2,1-4H3,(H,16,20)/t10-/m0/s1. The van der Waals surface area contributed by atoms with Crippen LogP contribution in [0.1, 0.15) is 22.8 Å². The van der Waals surface area contributed by atoms with E-state index < -0.39 is 10.0 Å². The van der Waals surface area contributed by atoms with Crippen molar-refractivity contribution in [3.63, 3.8) is 0 Å². The van der Waals surface area contributed by atoms with Gasteiger partial charge in [0, 0.05) is 25.7 Å². The van der Waals surface area contributed by atoms with Crippen LogP contribution in [0.2, 0.25) is 0 Å². The number of sulfonamides is 1. The zero-order chi connectivity index (χ0) is 17.4. The van der Waals surface area contributed by atoms with Gasteiger partial charge in [-0.2, -0.15) is 0 Å². The maximum absolute atomic E-state index is 12.1. The summed E-state index contributed by atoms with van der Waals surface area (Å²) in [7, 11) is -0.114. The predicted molar refractivity (Wildman–Crippen MR) is 88.0 cm³/mol. The van der Waals surface area contributed by atoms with Crippen LogP contribution in [0.3, 0.4) is 0 Å². The number of hydrogen-bond acceptors (Lipinski definition) is 4. The summed E-state index contributed by atoms with van der Waals surface area (Å²) >= 11 is 0. The first-order chi connectivity index (χ1) is 10.6. The first-order valence-corrected chi connectivity index (χ1v) is 9.06. The van der Waals surface area contributed by atoms with E-state index >= 15 is 0 Å². The molecule has 0 bridgehead atoms. The molecule has 0 saturated carbocycles. The van der Waals surface area contributed by atoms with Crippen LogP contribution < -0.4 is 9.62 Å². The van der Waals surface area contributed by atoms with Gasteiger partial charge < -0.3 is 10.2 Å². The lowest BCUT2D eigenvalue weighted by Crippen LogP contribution is -2.36. The fourth-order valence-corrected chi connectivity index (χ4v) is 3.93. The van der Waals surface area contributed by atoms with E-state index in [2.05, 4.69) is 5.32 Å². The van der Waals surface area contributed by atoms with Crippen molar-refractivity contribution >= 4 is 27.5 Å². The normalized spacial score (nSPS) is 16.9. The Labute approximate surface area is 136 Å². The third-order valence-electron chi connectivity index (χ3n) is 3.75. The molecule has 1 aliphatic rings. The van der Waals surface area contributed by atoms with Gasteiger partial charge in [-0.05, 0) is 37.1 Å². The molecule has 1 aromatic carbocycles. The van der Waals surface area contributed by atoms with E-state index in [0.29, 0.717) is 17.7 Å². The Hall–Kier alpha value is -2.09. The average Bonchev–Trinajstić information content (AvgIpc) is 2.78. The number of rotatable bonds is 4. The summed E-state index contributed by atoms with van der Waals surface area (Å²) in [6.07, 6.45) is 1.73. The molecule has 126 valence electrons. The molecular formula is C15H21N3O4S. The summed E-state index contributed by atoms with van der Waals surface area (Å²) < 4.78 is 25.1. The van der Waals surface area contributed by atoms with Gasteiger partial charge in [-0.1, -0.05) is 0 Å². The van der Waals surface area contributed by atoms with Crippen LogP contribution in [0, 0.1) is 0 Å². The Kier molecular flexibility index (Phi) is 4.65. The highest BCUT2D eigenvalue weighted by Crippen LogP contribution is 2.34. The van der Waals surface area contributed by atoms with E-state index in [4.69, 9.17) is 0 Å². The topological polar surface area (TPSA) is 86.8 Å². The Bertz CT molecular complexity index is 743. The summed E-state index contributed by atoms with van der Waals surface area (Å²) in [5.74, 6) is -0.551. The molecule has 0 fully saturated rings. The zero-order valence-electron chi connectivity index (χ0n) is 13.7. The number of benzene rings is 1. The third kappa shape index (κ3) is 3.64. The van der Waals surface area contributed by atoms with Crippen LogP contribution in [-0.2, 0) is 21.2 Å². The number of anilines is 1. The van der Waals surface area contributed by atoms with E-state index in [9.17, 15) is 18.0 Å². The average molecular weight is 339 g/mol. The highest BCUT2D eigenvalue weighted by atomic mass is 32.2. The number of nitrogens with zero attached hydrogens (tertiary/aromatic N) is 2. The summed E-state index contributed by atoms with van der Waals surface area (Å²) in [5.41, 5.74) is 1.84. The van der Waals surface area contributed by atoms with Crippen molar-refractivity contribution in [1.82, 2.24) is 10.2 Å². The molecule has 1 N–H and O–H groups in total. The van der Waals surface area contributed by atoms with Gasteiger partial charge in [0.25, 0.3) is 5.91 Å². The van der Waals surface area contributed by atoms with Crippen LogP contribution in [0.25, 0.3) is 0 Å². The number of carbonyl (C=O) groups excluding carboxylic acids is 2. The van der Waals surface area contributed by atoms with E-state index in [1.807, 2.05) is 6.92 Å². The highest BCUT2D eigenvalue weighted by molar-refractivity contribution is 7.92. The lowest BCUT2D eigenvalue weighted by Gasteiger charge is -2.21. The maximum atomic E-state index is 12.1. The smallest absolute Gasteiger partial charge is 0.251 e. The molecule has 0 saturated heterocycles. The van der Waals surface area contributed by atoms with Gasteiger partial charge in [0.1, 0.15) is 0 Å². The number of hydrogen-bond donors (Lipinski definition) is 1. The highest BCUT2D eigenvalue weighted by Gasteiger charge is 2.32. The molecule has 1 aromatic rings. The van der Waals surface area contributed by atoms with Gasteiger partial charge in [0.2, 0.25) is 15.9 Å². The van der Waals surface area contributed by atoms with Crippen molar-refractivity contribution < 1.29 is 18.0 Å². The molecule has 1 aliphatic heterocycles. The van der Waals surface area contributed by atoms with Crippen molar-refractivity contribution in [2.75, 3.05) is 31.2 Å². The largest absolute Gasteiger partial charge is 0.347 e. The van der Waals surface area contributed by atoms with Crippen LogP contribution in [0.15, 0.2) is 18.2 Å². The van der Waals surface area contributed by atoms with E-state index in [0.717, 1.165) is 5.56 Å². The number of nitrogens with one attached hydrogen (secondary N) is 1. The second kappa shape index (κ2) is 6.19. The summed E-state index contributed by atoms with van der Waals surface area (Å²) in [6, 6.07) is 4.73. The molecule has 2 rings (SSSR count). The molecule has 0 aromatic heterocycles. The van der Waals surface area contributed by atoms with E-state index in [1.165, 1.54) is 15.5 Å². The van der Waals surface area contributed by atoms with Gasteiger partial charge in [0.05, 0.1) is 18.5 Å². The van der Waals surface area contributed by atoms with Crippen LogP contribution >= 0.6 is 0 Å². The van der Waals surface area contributed by atoms with Crippen molar-refractivity contribution in [2.24, 2.45) is 0 Å². The van der Waals surface area contributed by atoms with E-state index in [-0.39, 0.29) is 24.4 Å². The molecule has 1 atom stereocenters. The fraction of sp³-hybridized carbons (Fsp3) is 0.467. The molecule has 0 spiro atoms. The van der Waals surface area contributed by atoms with Crippen molar-refractivity contribution in [2.45, 2.75) is 19.4 Å². The minimum Gasteiger partial charge on any atom is -0.347 e. The monoisotopic (exact) mass is 339 g/mol. The maximum Gasteiger partial charge on any atom is 0.251 e. The molecule has 23 heavy (non-hydrogen) atoms. The van der Waals surface area contributed by atoms with Crippen LogP contribution in [0.5, 0.6) is 0 Å². The summed E-state index contributed by atoms with van der Waals surface area (Å²) in [6.45, 7) is 1.76. The van der Waals surface area contributed by atoms with Crippen molar-refractivity contribution in [3.05, 3.63) is 29.3 Å². The third-order valence-corrected chi connectivity index (χ3v) is 5.02. The van der Waals surface area contributed by atoms with Crippen LogP contribution in [0.4, 0.5) is 5.69 Å². The minimum atomic E-state index is -3.35. The molecule has 2 amide bonds. The Morgan fingerprint density at radius 3 is 2.57 bits per heavy atom. The first-order valence-electron chi connectivity index (χ1n) is 7.22. The molecule has 8 heteroatoms. The number of carbonyl (C=O) groups is 2. The Morgan fingerprint density at radius 1 is 1.35 bits per heavy atom. The van der Waals surface area contributed by atoms with Crippen molar-refractivity contribution in [1.29, 1.82) is 0 Å². The zero-order valence-corrected chi connectivity index (χ0v) is 14.5. The lowest BCUT2D eigenvalue weighted by molar-refractivity contribution is -0.127. The van der Waals surface area contributed by atoms with Crippen LogP contribution in [-0.4, -0.2) is 58.1 Å². The number of fused-ring (bicyclic) bond motifs is 1. The molecule has 0 aliphatic carbocycles. The molecule has 1 heterocycles. The lowest BCUT2D eigenvalue weighted by atomic mass is 10.1. The van der Waals surface area contributed by atoms with Gasteiger partial charge >= 0.3 is 0 Å². The SMILES string of the molecule is C[C@H]1Cc2cc(C(=O)NCC(=O)N(C)C)ccc2N1S(C)(=O)=O. The number of amides is 2. The molecule has 0 unspecified atom stereocenters. The van der Waals surface area contributed by atoms with Crippen molar-refractivity contribution in [3.8, 4) is 0 Å². The fourth-order valence-electron chi connectivity index (χ4n) is 2.67. The van der Waals surface area contributed by atoms with Gasteiger partial charge in [0.15, 0.2) is 0 Å². The summed E-state index contributed by atoms with van der Waals surface area (Å²) in [5, 5.41) is 2.56. The Morgan fingerprint density at radius 2 is 2.00 bits per heavy atom. The quantitative estimate of drug-likeness (QED) is 0.850. The molecule has 7 nitrogen and oxygen atoms in total. The second-order valence-corrected chi connectivity index (χ2v) is 7.79. The van der Waals surface area contributed by atoms with E-state index in [1.54, 1.807) is 32.3 Å². The molecule has 0 radical (unpaired) electrons. The van der Waals surface area contributed by atoms with Gasteiger partial charge in [-0.3, -0.25) is 13.9 Å². The predicted octanol–water partition coefficient (Wildman–Crippen LogP) is 0.215. The van der Waals surface area contributed by atoms with Gasteiger partial charge in [-0.25, -0.2) is 8.42 Å². The number of likely N-dealkylation sites (N-methyl/N-ethyl adjacent to an activating group) is 1. The molecular weight excluding hydrogens is 318 g/mol. The van der Waals surface area contributed by atoms with Gasteiger partial charge in [-0.15, -0.1) is 0 Å².